The number of hydrogen-bond acceptors (Lipinski definition) is 4. The topological polar surface area (TPSA) is 77.1 Å². The second-order valence-electron chi connectivity index (χ2n) is 8.03. The fourth-order valence-electron chi connectivity index (χ4n) is 3.62. The number of nitrogens with zero attached hydrogens (tertiary/aromatic N) is 5. The molecule has 1 amide bonds. The number of carbonyl (C=O) groups excluding carboxylic acids is 1. The minimum absolute atomic E-state index is 0.0891. The summed E-state index contributed by atoms with van der Waals surface area (Å²) in [5.74, 6) is -0.432. The second kappa shape index (κ2) is 8.71. The van der Waals surface area contributed by atoms with Gasteiger partial charge in [0.25, 0.3) is 5.91 Å². The van der Waals surface area contributed by atoms with Gasteiger partial charge in [-0.2, -0.15) is 23.4 Å². The van der Waals surface area contributed by atoms with Crippen LogP contribution in [0, 0.1) is 6.92 Å². The molecule has 0 bridgehead atoms. The number of anilines is 1. The van der Waals surface area contributed by atoms with E-state index in [-0.39, 0.29) is 22.9 Å². The molecule has 0 aliphatic carbocycles. The van der Waals surface area contributed by atoms with Gasteiger partial charge in [-0.1, -0.05) is 60.2 Å². The Labute approximate surface area is 197 Å². The SMILES string of the molecule is Cc1ccc(Cn2ccc(NC(=O)c3cc4nc(-c5ccccc5)cc(C(F)(F)F)n4n3)n2)cc1. The van der Waals surface area contributed by atoms with Crippen LogP contribution in [0.15, 0.2) is 79.0 Å². The molecule has 10 heteroatoms. The maximum absolute atomic E-state index is 13.8. The van der Waals surface area contributed by atoms with Crippen LogP contribution in [0.3, 0.4) is 0 Å². The molecule has 0 aliphatic rings. The van der Waals surface area contributed by atoms with Crippen molar-refractivity contribution in [2.45, 2.75) is 19.6 Å². The lowest BCUT2D eigenvalue weighted by molar-refractivity contribution is -0.142. The molecule has 0 unspecified atom stereocenters. The van der Waals surface area contributed by atoms with E-state index in [0.717, 1.165) is 17.2 Å². The summed E-state index contributed by atoms with van der Waals surface area (Å²) in [5.41, 5.74) is 1.52. The average Bonchev–Trinajstić information content (AvgIpc) is 3.46. The molecule has 0 spiro atoms. The van der Waals surface area contributed by atoms with Crippen molar-refractivity contribution in [2.24, 2.45) is 0 Å². The van der Waals surface area contributed by atoms with Gasteiger partial charge >= 0.3 is 6.18 Å². The molecule has 0 radical (unpaired) electrons. The zero-order valence-corrected chi connectivity index (χ0v) is 18.5. The fraction of sp³-hybridized carbons (Fsp3) is 0.120. The molecule has 5 rings (SSSR count). The molecule has 5 aromatic rings. The number of alkyl halides is 3. The molecule has 0 fully saturated rings. The summed E-state index contributed by atoms with van der Waals surface area (Å²) in [4.78, 5) is 17.0. The van der Waals surface area contributed by atoms with Gasteiger partial charge in [0.2, 0.25) is 0 Å². The van der Waals surface area contributed by atoms with Crippen LogP contribution in [0.4, 0.5) is 19.0 Å². The fourth-order valence-corrected chi connectivity index (χ4v) is 3.62. The predicted octanol–water partition coefficient (Wildman–Crippen LogP) is 5.22. The lowest BCUT2D eigenvalue weighted by atomic mass is 10.1. The van der Waals surface area contributed by atoms with Gasteiger partial charge < -0.3 is 5.32 Å². The van der Waals surface area contributed by atoms with Gasteiger partial charge in [0, 0.05) is 23.9 Å². The summed E-state index contributed by atoms with van der Waals surface area (Å²) in [6.45, 7) is 2.51. The molecule has 0 aliphatic heterocycles. The molecule has 3 aromatic heterocycles. The van der Waals surface area contributed by atoms with E-state index in [2.05, 4.69) is 20.5 Å². The van der Waals surface area contributed by atoms with Gasteiger partial charge in [-0.25, -0.2) is 9.50 Å². The van der Waals surface area contributed by atoms with Gasteiger partial charge in [-0.15, -0.1) is 0 Å². The smallest absolute Gasteiger partial charge is 0.304 e. The van der Waals surface area contributed by atoms with Gasteiger partial charge in [-0.05, 0) is 18.6 Å². The van der Waals surface area contributed by atoms with Crippen molar-refractivity contribution in [1.29, 1.82) is 0 Å². The van der Waals surface area contributed by atoms with E-state index in [4.69, 9.17) is 0 Å². The monoisotopic (exact) mass is 476 g/mol. The molecule has 0 saturated carbocycles. The molecule has 1 N–H and O–H groups in total. The minimum atomic E-state index is -4.70. The first-order chi connectivity index (χ1) is 16.8. The van der Waals surface area contributed by atoms with E-state index in [0.29, 0.717) is 16.6 Å². The largest absolute Gasteiger partial charge is 0.433 e. The van der Waals surface area contributed by atoms with E-state index in [9.17, 15) is 18.0 Å². The Morgan fingerprint density at radius 1 is 0.971 bits per heavy atom. The van der Waals surface area contributed by atoms with Crippen molar-refractivity contribution >= 4 is 17.4 Å². The third-order valence-corrected chi connectivity index (χ3v) is 5.37. The van der Waals surface area contributed by atoms with Gasteiger partial charge in [0.1, 0.15) is 0 Å². The van der Waals surface area contributed by atoms with Crippen LogP contribution < -0.4 is 5.32 Å². The number of amides is 1. The summed E-state index contributed by atoms with van der Waals surface area (Å²) in [5, 5.41) is 10.8. The van der Waals surface area contributed by atoms with Crippen LogP contribution in [0.25, 0.3) is 16.9 Å². The Hall–Kier alpha value is -4.47. The molecule has 3 heterocycles. The van der Waals surface area contributed by atoms with Crippen molar-refractivity contribution in [3.63, 3.8) is 0 Å². The standard InChI is InChI=1S/C25H19F3N6O/c1-16-7-9-17(10-8-16)15-33-12-11-22(32-33)30-24(35)20-14-23-29-19(18-5-3-2-4-6-18)13-21(25(26,27)28)34(23)31-20/h2-14H,15H2,1H3,(H,30,32,35). The molecule has 35 heavy (non-hydrogen) atoms. The van der Waals surface area contributed by atoms with Crippen molar-refractivity contribution in [3.05, 3.63) is 102 Å². The molecular weight excluding hydrogens is 457 g/mol. The minimum Gasteiger partial charge on any atom is -0.304 e. The van der Waals surface area contributed by atoms with Gasteiger partial charge in [0.15, 0.2) is 22.9 Å². The average molecular weight is 476 g/mol. The summed E-state index contributed by atoms with van der Waals surface area (Å²) in [6.07, 6.45) is -2.99. The molecule has 7 nitrogen and oxygen atoms in total. The Balaban J connectivity index is 1.41. The van der Waals surface area contributed by atoms with Crippen molar-refractivity contribution in [1.82, 2.24) is 24.4 Å². The van der Waals surface area contributed by atoms with E-state index >= 15 is 0 Å². The van der Waals surface area contributed by atoms with Crippen molar-refractivity contribution in [2.75, 3.05) is 5.32 Å². The van der Waals surface area contributed by atoms with Crippen LogP contribution >= 0.6 is 0 Å². The van der Waals surface area contributed by atoms with E-state index in [1.165, 1.54) is 6.07 Å². The van der Waals surface area contributed by atoms with Crippen molar-refractivity contribution < 1.29 is 18.0 Å². The molecular formula is C25H19F3N6O. The summed E-state index contributed by atoms with van der Waals surface area (Å²) >= 11 is 0. The first-order valence-electron chi connectivity index (χ1n) is 10.7. The predicted molar refractivity (Wildman–Crippen MR) is 124 cm³/mol. The van der Waals surface area contributed by atoms with Crippen LogP contribution in [0.5, 0.6) is 0 Å². The number of carbonyl (C=O) groups is 1. The highest BCUT2D eigenvalue weighted by Crippen LogP contribution is 2.32. The molecule has 0 saturated heterocycles. The lowest BCUT2D eigenvalue weighted by Gasteiger charge is -2.10. The Morgan fingerprint density at radius 2 is 1.71 bits per heavy atom. The number of hydrogen-bond donors (Lipinski definition) is 1. The van der Waals surface area contributed by atoms with Gasteiger partial charge in [0.05, 0.1) is 12.2 Å². The summed E-state index contributed by atoms with van der Waals surface area (Å²) in [7, 11) is 0. The number of fused-ring (bicyclic) bond motifs is 1. The normalized spacial score (nSPS) is 11.7. The number of benzene rings is 2. The summed E-state index contributed by atoms with van der Waals surface area (Å²) in [6, 6.07) is 20.2. The number of rotatable bonds is 5. The highest BCUT2D eigenvalue weighted by molar-refractivity contribution is 6.03. The van der Waals surface area contributed by atoms with Gasteiger partial charge in [-0.3, -0.25) is 9.48 Å². The quantitative estimate of drug-likeness (QED) is 0.377. The van der Waals surface area contributed by atoms with E-state index in [1.54, 1.807) is 47.3 Å². The van der Waals surface area contributed by atoms with E-state index in [1.807, 2.05) is 31.2 Å². The molecule has 0 atom stereocenters. The molecule has 176 valence electrons. The maximum Gasteiger partial charge on any atom is 0.433 e. The zero-order valence-electron chi connectivity index (χ0n) is 18.5. The Bertz CT molecular complexity index is 1500. The maximum atomic E-state index is 13.8. The third-order valence-electron chi connectivity index (χ3n) is 5.37. The highest BCUT2D eigenvalue weighted by Gasteiger charge is 2.35. The molecule has 2 aromatic carbocycles. The van der Waals surface area contributed by atoms with Crippen LogP contribution in [0.2, 0.25) is 0 Å². The highest BCUT2D eigenvalue weighted by atomic mass is 19.4. The Morgan fingerprint density at radius 3 is 2.43 bits per heavy atom. The van der Waals surface area contributed by atoms with Crippen LogP contribution in [-0.4, -0.2) is 30.3 Å². The van der Waals surface area contributed by atoms with Crippen LogP contribution in [0.1, 0.15) is 27.3 Å². The Kier molecular flexibility index (Phi) is 5.56. The zero-order chi connectivity index (χ0) is 24.6. The van der Waals surface area contributed by atoms with Crippen molar-refractivity contribution in [3.8, 4) is 11.3 Å². The summed E-state index contributed by atoms with van der Waals surface area (Å²) < 4.78 is 43.6. The number of halogens is 3. The first-order valence-corrected chi connectivity index (χ1v) is 10.7. The number of aromatic nitrogens is 5. The first kappa shape index (κ1) is 22.3. The third kappa shape index (κ3) is 4.77. The van der Waals surface area contributed by atoms with Crippen LogP contribution in [-0.2, 0) is 12.7 Å². The second-order valence-corrected chi connectivity index (χ2v) is 8.03. The van der Waals surface area contributed by atoms with E-state index < -0.39 is 17.8 Å². The number of nitrogens with one attached hydrogen (secondary N) is 1. The lowest BCUT2D eigenvalue weighted by Crippen LogP contribution is -2.16. The number of aryl methyl sites for hydroxylation is 1.